The predicted octanol–water partition coefficient (Wildman–Crippen LogP) is 2.20. The highest BCUT2D eigenvalue weighted by atomic mass is 16.3. The van der Waals surface area contributed by atoms with Crippen molar-refractivity contribution in [3.8, 4) is 11.3 Å². The van der Waals surface area contributed by atoms with Gasteiger partial charge in [-0.05, 0) is 26.0 Å². The third-order valence-electron chi connectivity index (χ3n) is 4.57. The van der Waals surface area contributed by atoms with E-state index in [0.29, 0.717) is 25.2 Å². The number of carbonyl (C=O) groups is 1. The zero-order valence-electron chi connectivity index (χ0n) is 14.9. The number of amides is 1. The van der Waals surface area contributed by atoms with Gasteiger partial charge in [0.2, 0.25) is 0 Å². The van der Waals surface area contributed by atoms with E-state index < -0.39 is 0 Å². The van der Waals surface area contributed by atoms with Crippen LogP contribution in [0.1, 0.15) is 23.0 Å². The SMILES string of the molecule is Cc1nc(-c2ccccc2)ccc1C(=O)N1CCN(C[C@@H](C)O)CC1. The molecule has 1 amide bonds. The number of aliphatic hydroxyl groups excluding tert-OH is 1. The zero-order valence-corrected chi connectivity index (χ0v) is 14.9. The van der Waals surface area contributed by atoms with Crippen LogP contribution in [0.5, 0.6) is 0 Å². The summed E-state index contributed by atoms with van der Waals surface area (Å²) in [6, 6.07) is 13.8. The monoisotopic (exact) mass is 339 g/mol. The van der Waals surface area contributed by atoms with Gasteiger partial charge in [-0.25, -0.2) is 0 Å². The zero-order chi connectivity index (χ0) is 17.8. The van der Waals surface area contributed by atoms with E-state index >= 15 is 0 Å². The molecule has 3 rings (SSSR count). The van der Waals surface area contributed by atoms with Gasteiger partial charge in [0, 0.05) is 38.3 Å². The Morgan fingerprint density at radius 1 is 1.12 bits per heavy atom. The van der Waals surface area contributed by atoms with Crippen LogP contribution in [-0.4, -0.2) is 64.6 Å². The summed E-state index contributed by atoms with van der Waals surface area (Å²) < 4.78 is 0. The first-order valence-electron chi connectivity index (χ1n) is 8.77. The maximum absolute atomic E-state index is 12.8. The Morgan fingerprint density at radius 2 is 1.80 bits per heavy atom. The average molecular weight is 339 g/mol. The molecule has 132 valence electrons. The van der Waals surface area contributed by atoms with Crippen LogP contribution >= 0.6 is 0 Å². The lowest BCUT2D eigenvalue weighted by molar-refractivity contribution is 0.0553. The molecule has 1 aromatic heterocycles. The molecule has 1 aromatic carbocycles. The van der Waals surface area contributed by atoms with Gasteiger partial charge < -0.3 is 10.0 Å². The summed E-state index contributed by atoms with van der Waals surface area (Å²) in [5.41, 5.74) is 3.37. The molecule has 1 saturated heterocycles. The number of β-amino-alcohol motifs (C(OH)–C–C–N with tert-alkyl or cyclic N) is 1. The largest absolute Gasteiger partial charge is 0.392 e. The van der Waals surface area contributed by atoms with Crippen molar-refractivity contribution in [2.24, 2.45) is 0 Å². The fourth-order valence-corrected chi connectivity index (χ4v) is 3.23. The molecule has 1 N–H and O–H groups in total. The minimum atomic E-state index is -0.334. The fraction of sp³-hybridized carbons (Fsp3) is 0.400. The summed E-state index contributed by atoms with van der Waals surface area (Å²) in [6.45, 7) is 7.31. The second-order valence-corrected chi connectivity index (χ2v) is 6.64. The van der Waals surface area contributed by atoms with Gasteiger partial charge in [0.1, 0.15) is 0 Å². The van der Waals surface area contributed by atoms with Gasteiger partial charge in [0.25, 0.3) is 5.91 Å². The van der Waals surface area contributed by atoms with Crippen LogP contribution in [0.25, 0.3) is 11.3 Å². The lowest BCUT2D eigenvalue weighted by Gasteiger charge is -2.35. The number of hydrogen-bond acceptors (Lipinski definition) is 4. The van der Waals surface area contributed by atoms with E-state index in [-0.39, 0.29) is 12.0 Å². The molecule has 0 bridgehead atoms. The lowest BCUT2D eigenvalue weighted by atomic mass is 10.1. The molecule has 25 heavy (non-hydrogen) atoms. The Balaban J connectivity index is 1.69. The molecule has 0 radical (unpaired) electrons. The fourth-order valence-electron chi connectivity index (χ4n) is 3.23. The summed E-state index contributed by atoms with van der Waals surface area (Å²) >= 11 is 0. The first-order chi connectivity index (χ1) is 12.0. The molecule has 1 fully saturated rings. The van der Waals surface area contributed by atoms with Gasteiger partial charge in [-0.3, -0.25) is 14.7 Å². The first kappa shape index (κ1) is 17.6. The average Bonchev–Trinajstić information content (AvgIpc) is 2.62. The maximum atomic E-state index is 12.8. The molecule has 1 aliphatic rings. The second kappa shape index (κ2) is 7.76. The third-order valence-corrected chi connectivity index (χ3v) is 4.57. The lowest BCUT2D eigenvalue weighted by Crippen LogP contribution is -2.50. The van der Waals surface area contributed by atoms with Crippen LogP contribution in [0.2, 0.25) is 0 Å². The van der Waals surface area contributed by atoms with Crippen LogP contribution < -0.4 is 0 Å². The van der Waals surface area contributed by atoms with Crippen LogP contribution in [0, 0.1) is 6.92 Å². The highest BCUT2D eigenvalue weighted by Crippen LogP contribution is 2.20. The molecule has 5 heteroatoms. The van der Waals surface area contributed by atoms with E-state index in [1.807, 2.05) is 54.3 Å². The van der Waals surface area contributed by atoms with Gasteiger partial charge in [-0.15, -0.1) is 0 Å². The molecular formula is C20H25N3O2. The van der Waals surface area contributed by atoms with Crippen molar-refractivity contribution < 1.29 is 9.90 Å². The summed E-state index contributed by atoms with van der Waals surface area (Å²) in [6.07, 6.45) is -0.334. The van der Waals surface area contributed by atoms with Gasteiger partial charge in [-0.2, -0.15) is 0 Å². The molecule has 0 saturated carbocycles. The molecule has 2 aromatic rings. The number of rotatable bonds is 4. The Hall–Kier alpha value is -2.24. The van der Waals surface area contributed by atoms with E-state index in [4.69, 9.17) is 0 Å². The summed E-state index contributed by atoms with van der Waals surface area (Å²) in [7, 11) is 0. The van der Waals surface area contributed by atoms with E-state index in [1.54, 1.807) is 6.92 Å². The van der Waals surface area contributed by atoms with Crippen molar-refractivity contribution in [1.82, 2.24) is 14.8 Å². The van der Waals surface area contributed by atoms with Crippen molar-refractivity contribution in [1.29, 1.82) is 0 Å². The number of benzene rings is 1. The van der Waals surface area contributed by atoms with Crippen molar-refractivity contribution in [3.05, 3.63) is 53.7 Å². The Bertz CT molecular complexity index is 723. The molecule has 0 spiro atoms. The van der Waals surface area contributed by atoms with Gasteiger partial charge in [-0.1, -0.05) is 30.3 Å². The Labute approximate surface area is 148 Å². The molecule has 5 nitrogen and oxygen atoms in total. The molecule has 0 aliphatic carbocycles. The normalized spacial score (nSPS) is 16.7. The second-order valence-electron chi connectivity index (χ2n) is 6.64. The van der Waals surface area contributed by atoms with Crippen molar-refractivity contribution in [2.45, 2.75) is 20.0 Å². The smallest absolute Gasteiger partial charge is 0.255 e. The quantitative estimate of drug-likeness (QED) is 0.928. The van der Waals surface area contributed by atoms with Crippen LogP contribution in [0.15, 0.2) is 42.5 Å². The summed E-state index contributed by atoms with van der Waals surface area (Å²) in [4.78, 5) is 21.5. The van der Waals surface area contributed by atoms with Crippen LogP contribution in [0.4, 0.5) is 0 Å². The molecule has 0 unspecified atom stereocenters. The van der Waals surface area contributed by atoms with E-state index in [9.17, 15) is 9.90 Å². The summed E-state index contributed by atoms with van der Waals surface area (Å²) in [5.74, 6) is 0.0429. The minimum Gasteiger partial charge on any atom is -0.392 e. The Morgan fingerprint density at radius 3 is 2.40 bits per heavy atom. The standard InChI is InChI=1S/C20H25N3O2/c1-15(24)14-22-10-12-23(13-11-22)20(25)18-8-9-19(21-16(18)2)17-6-4-3-5-7-17/h3-9,15,24H,10-14H2,1-2H3/t15-/m1/s1. The Kier molecular flexibility index (Phi) is 5.46. The summed E-state index contributed by atoms with van der Waals surface area (Å²) in [5, 5.41) is 9.48. The number of aliphatic hydroxyl groups is 1. The predicted molar refractivity (Wildman–Crippen MR) is 98.4 cm³/mol. The van der Waals surface area contributed by atoms with Gasteiger partial charge >= 0.3 is 0 Å². The van der Waals surface area contributed by atoms with Crippen molar-refractivity contribution in [3.63, 3.8) is 0 Å². The molecule has 2 heterocycles. The van der Waals surface area contributed by atoms with Crippen molar-refractivity contribution >= 4 is 5.91 Å². The third kappa shape index (κ3) is 4.24. The number of aromatic nitrogens is 1. The number of aryl methyl sites for hydroxylation is 1. The number of pyridine rings is 1. The highest BCUT2D eigenvalue weighted by molar-refractivity contribution is 5.95. The number of hydrogen-bond donors (Lipinski definition) is 1. The number of nitrogens with zero attached hydrogens (tertiary/aromatic N) is 3. The van der Waals surface area contributed by atoms with Crippen LogP contribution in [-0.2, 0) is 0 Å². The van der Waals surface area contributed by atoms with Crippen LogP contribution in [0.3, 0.4) is 0 Å². The van der Waals surface area contributed by atoms with Gasteiger partial charge in [0.05, 0.1) is 23.1 Å². The van der Waals surface area contributed by atoms with E-state index in [1.165, 1.54) is 0 Å². The number of piperazine rings is 1. The maximum Gasteiger partial charge on any atom is 0.255 e. The number of carbonyl (C=O) groups excluding carboxylic acids is 1. The molecular weight excluding hydrogens is 314 g/mol. The highest BCUT2D eigenvalue weighted by Gasteiger charge is 2.24. The minimum absolute atomic E-state index is 0.0429. The molecule has 1 atom stereocenters. The van der Waals surface area contributed by atoms with E-state index in [0.717, 1.165) is 30.0 Å². The topological polar surface area (TPSA) is 56.7 Å². The molecule has 1 aliphatic heterocycles. The first-order valence-corrected chi connectivity index (χ1v) is 8.77. The van der Waals surface area contributed by atoms with Crippen molar-refractivity contribution in [2.75, 3.05) is 32.7 Å². The van der Waals surface area contributed by atoms with Gasteiger partial charge in [0.15, 0.2) is 0 Å². The van der Waals surface area contributed by atoms with E-state index in [2.05, 4.69) is 9.88 Å².